The van der Waals surface area contributed by atoms with Crippen molar-refractivity contribution in [3.05, 3.63) is 42.5 Å². The van der Waals surface area contributed by atoms with Crippen molar-refractivity contribution in [2.75, 3.05) is 4.90 Å². The number of rotatable bonds is 2. The van der Waals surface area contributed by atoms with E-state index in [1.807, 2.05) is 18.2 Å². The van der Waals surface area contributed by atoms with E-state index in [4.69, 9.17) is 5.73 Å². The molecule has 0 bridgehead atoms. The summed E-state index contributed by atoms with van der Waals surface area (Å²) in [6, 6.07) is 7.55. The van der Waals surface area contributed by atoms with Crippen molar-refractivity contribution < 1.29 is 4.79 Å². The Morgan fingerprint density at radius 3 is 2.94 bits per heavy atom. The molecule has 0 spiro atoms. The molecule has 0 aliphatic carbocycles. The average Bonchev–Trinajstić information content (AvgIpc) is 2.48. The number of amides is 1. The third-order valence-corrected chi connectivity index (χ3v) is 4.04. The standard InChI is InChI=1S/C13H15IN2O/c1-2-12(14)16-11-6-4-3-5-9(11)7-8-10(15)13(16)17/h2-6,10,12H,1,7-8,15H2. The fourth-order valence-corrected chi connectivity index (χ4v) is 2.62. The number of hydrogen-bond acceptors (Lipinski definition) is 2. The third-order valence-electron chi connectivity index (χ3n) is 2.97. The molecule has 3 nitrogen and oxygen atoms in total. The predicted molar refractivity (Wildman–Crippen MR) is 78.2 cm³/mol. The molecule has 90 valence electrons. The molecule has 1 aliphatic rings. The van der Waals surface area contributed by atoms with Gasteiger partial charge in [0.25, 0.3) is 0 Å². The van der Waals surface area contributed by atoms with Gasteiger partial charge in [-0.15, -0.1) is 6.58 Å². The first-order valence-corrected chi connectivity index (χ1v) is 6.83. The summed E-state index contributed by atoms with van der Waals surface area (Å²) in [6.45, 7) is 3.76. The molecule has 4 heteroatoms. The summed E-state index contributed by atoms with van der Waals surface area (Å²) in [4.78, 5) is 14.0. The van der Waals surface area contributed by atoms with Gasteiger partial charge < -0.3 is 5.73 Å². The molecule has 1 aliphatic heterocycles. The lowest BCUT2D eigenvalue weighted by atomic mass is 10.1. The number of alkyl halides is 1. The van der Waals surface area contributed by atoms with Gasteiger partial charge in [0, 0.05) is 5.69 Å². The Bertz CT molecular complexity index is 447. The van der Waals surface area contributed by atoms with Gasteiger partial charge in [-0.3, -0.25) is 9.69 Å². The molecule has 2 atom stereocenters. The minimum atomic E-state index is -0.417. The molecule has 1 heterocycles. The number of carbonyl (C=O) groups is 1. The lowest BCUT2D eigenvalue weighted by Gasteiger charge is -2.27. The monoisotopic (exact) mass is 342 g/mol. The molecule has 2 unspecified atom stereocenters. The van der Waals surface area contributed by atoms with Crippen LogP contribution in [0.3, 0.4) is 0 Å². The maximum atomic E-state index is 12.3. The Morgan fingerprint density at radius 1 is 1.53 bits per heavy atom. The highest BCUT2D eigenvalue weighted by atomic mass is 127. The van der Waals surface area contributed by atoms with E-state index in [0.717, 1.165) is 12.1 Å². The highest BCUT2D eigenvalue weighted by Crippen LogP contribution is 2.30. The number of fused-ring (bicyclic) bond motifs is 1. The summed E-state index contributed by atoms with van der Waals surface area (Å²) in [5, 5.41) is 0. The molecule has 0 saturated heterocycles. The highest BCUT2D eigenvalue weighted by Gasteiger charge is 2.30. The summed E-state index contributed by atoms with van der Waals surface area (Å²) >= 11 is 2.20. The van der Waals surface area contributed by atoms with Crippen LogP contribution in [0.4, 0.5) is 5.69 Å². The number of para-hydroxylation sites is 1. The van der Waals surface area contributed by atoms with Crippen molar-refractivity contribution in [1.82, 2.24) is 0 Å². The van der Waals surface area contributed by atoms with Gasteiger partial charge in [-0.2, -0.15) is 0 Å². The lowest BCUT2D eigenvalue weighted by molar-refractivity contribution is -0.119. The van der Waals surface area contributed by atoms with Crippen LogP contribution >= 0.6 is 22.6 Å². The SMILES string of the molecule is C=CC(I)N1C(=O)C(N)CCc2ccccc21. The zero-order chi connectivity index (χ0) is 12.4. The van der Waals surface area contributed by atoms with E-state index in [1.165, 1.54) is 5.56 Å². The summed E-state index contributed by atoms with van der Waals surface area (Å²) in [5.74, 6) is -0.0192. The van der Waals surface area contributed by atoms with E-state index in [2.05, 4.69) is 35.2 Å². The largest absolute Gasteiger partial charge is 0.320 e. The van der Waals surface area contributed by atoms with E-state index in [1.54, 1.807) is 11.0 Å². The first kappa shape index (κ1) is 12.6. The van der Waals surface area contributed by atoms with Crippen LogP contribution < -0.4 is 10.6 Å². The predicted octanol–water partition coefficient (Wildman–Crippen LogP) is 2.24. The van der Waals surface area contributed by atoms with Gasteiger partial charge in [0.2, 0.25) is 5.91 Å². The Labute approximate surface area is 115 Å². The summed E-state index contributed by atoms with van der Waals surface area (Å²) in [6.07, 6.45) is 3.31. The van der Waals surface area contributed by atoms with Crippen molar-refractivity contribution in [1.29, 1.82) is 0 Å². The highest BCUT2D eigenvalue weighted by molar-refractivity contribution is 14.1. The van der Waals surface area contributed by atoms with Gasteiger partial charge in [-0.05, 0) is 24.5 Å². The molecule has 1 aromatic carbocycles. The molecule has 2 rings (SSSR count). The van der Waals surface area contributed by atoms with Gasteiger partial charge in [0.15, 0.2) is 0 Å². The lowest BCUT2D eigenvalue weighted by Crippen LogP contribution is -2.45. The second-order valence-corrected chi connectivity index (χ2v) is 5.37. The average molecular weight is 342 g/mol. The van der Waals surface area contributed by atoms with Crippen LogP contribution in [0.15, 0.2) is 36.9 Å². The Kier molecular flexibility index (Phi) is 3.83. The van der Waals surface area contributed by atoms with Crippen molar-refractivity contribution in [3.63, 3.8) is 0 Å². The molecular formula is C13H15IN2O. The number of anilines is 1. The Balaban J connectivity index is 2.50. The normalized spacial score (nSPS) is 21.6. The Morgan fingerprint density at radius 2 is 2.24 bits per heavy atom. The van der Waals surface area contributed by atoms with Crippen LogP contribution in [-0.4, -0.2) is 16.0 Å². The van der Waals surface area contributed by atoms with E-state index in [0.29, 0.717) is 6.42 Å². The van der Waals surface area contributed by atoms with Gasteiger partial charge in [-0.25, -0.2) is 0 Å². The first-order valence-electron chi connectivity index (χ1n) is 5.58. The fourth-order valence-electron chi connectivity index (χ4n) is 2.05. The number of benzene rings is 1. The molecular weight excluding hydrogens is 327 g/mol. The molecule has 0 radical (unpaired) electrons. The molecule has 2 N–H and O–H groups in total. The van der Waals surface area contributed by atoms with Crippen LogP contribution in [0.25, 0.3) is 0 Å². The van der Waals surface area contributed by atoms with Crippen LogP contribution in [0.2, 0.25) is 0 Å². The van der Waals surface area contributed by atoms with Gasteiger partial charge in [-0.1, -0.05) is 46.9 Å². The maximum Gasteiger partial charge on any atom is 0.245 e. The number of nitrogens with zero attached hydrogens (tertiary/aromatic N) is 1. The number of nitrogens with two attached hydrogens (primary N) is 1. The number of halogens is 1. The second-order valence-electron chi connectivity index (χ2n) is 4.09. The molecule has 0 fully saturated rings. The van der Waals surface area contributed by atoms with Crippen LogP contribution in [0.1, 0.15) is 12.0 Å². The molecule has 17 heavy (non-hydrogen) atoms. The minimum Gasteiger partial charge on any atom is -0.320 e. The van der Waals surface area contributed by atoms with Gasteiger partial charge in [0.1, 0.15) is 4.05 Å². The molecule has 0 aromatic heterocycles. The van der Waals surface area contributed by atoms with Crippen molar-refractivity contribution in [2.24, 2.45) is 5.73 Å². The second kappa shape index (κ2) is 5.18. The molecule has 1 amide bonds. The topological polar surface area (TPSA) is 46.3 Å². The zero-order valence-electron chi connectivity index (χ0n) is 9.47. The van der Waals surface area contributed by atoms with E-state index < -0.39 is 6.04 Å². The summed E-state index contributed by atoms with van der Waals surface area (Å²) in [7, 11) is 0. The van der Waals surface area contributed by atoms with Gasteiger partial charge >= 0.3 is 0 Å². The third kappa shape index (κ3) is 2.37. The van der Waals surface area contributed by atoms with Crippen LogP contribution in [-0.2, 0) is 11.2 Å². The summed E-state index contributed by atoms with van der Waals surface area (Å²) in [5.41, 5.74) is 8.05. The molecule has 1 aromatic rings. The molecule has 0 saturated carbocycles. The number of aryl methyl sites for hydroxylation is 1. The number of hydrogen-bond donors (Lipinski definition) is 1. The Hall–Kier alpha value is -0.880. The van der Waals surface area contributed by atoms with Crippen molar-refractivity contribution in [2.45, 2.75) is 22.9 Å². The van der Waals surface area contributed by atoms with Gasteiger partial charge in [0.05, 0.1) is 6.04 Å². The maximum absolute atomic E-state index is 12.3. The van der Waals surface area contributed by atoms with E-state index in [-0.39, 0.29) is 9.96 Å². The summed E-state index contributed by atoms with van der Waals surface area (Å²) < 4.78 is -0.0644. The number of carbonyl (C=O) groups excluding carboxylic acids is 1. The minimum absolute atomic E-state index is 0.0192. The quantitative estimate of drug-likeness (QED) is 0.388. The van der Waals surface area contributed by atoms with Crippen LogP contribution in [0.5, 0.6) is 0 Å². The van der Waals surface area contributed by atoms with Crippen LogP contribution in [0, 0.1) is 0 Å². The smallest absolute Gasteiger partial charge is 0.245 e. The first-order chi connectivity index (χ1) is 8.15. The fraction of sp³-hybridized carbons (Fsp3) is 0.308. The van der Waals surface area contributed by atoms with E-state index in [9.17, 15) is 4.79 Å². The zero-order valence-corrected chi connectivity index (χ0v) is 11.6. The van der Waals surface area contributed by atoms with Crippen molar-refractivity contribution >= 4 is 34.2 Å². The van der Waals surface area contributed by atoms with Crippen molar-refractivity contribution in [3.8, 4) is 0 Å². The van der Waals surface area contributed by atoms with E-state index >= 15 is 0 Å².